The van der Waals surface area contributed by atoms with Crippen LogP contribution in [0.4, 0.5) is 0 Å². The van der Waals surface area contributed by atoms with Gasteiger partial charge in [-0.15, -0.1) is 0 Å². The average Bonchev–Trinajstić information content (AvgIpc) is 2.82. The van der Waals surface area contributed by atoms with Crippen molar-refractivity contribution in [3.8, 4) is 0 Å². The van der Waals surface area contributed by atoms with Crippen LogP contribution in [-0.2, 0) is 0 Å². The van der Waals surface area contributed by atoms with E-state index in [0.717, 1.165) is 18.0 Å². The number of nitrogens with one attached hydrogen (secondary N) is 2. The number of hydrogen-bond donors (Lipinski definition) is 2. The van der Waals surface area contributed by atoms with E-state index in [-0.39, 0.29) is 0 Å². The second-order valence-electron chi connectivity index (χ2n) is 5.37. The third-order valence-corrected chi connectivity index (χ3v) is 4.50. The largest absolute Gasteiger partial charge is 0.314 e. The van der Waals surface area contributed by atoms with Crippen LogP contribution < -0.4 is 10.6 Å². The molecular weight excluding hydrogens is 186 g/mol. The zero-order chi connectivity index (χ0) is 10.1. The Labute approximate surface area is 92.6 Å². The van der Waals surface area contributed by atoms with Gasteiger partial charge in [0.2, 0.25) is 0 Å². The minimum atomic E-state index is 0.762. The monoisotopic (exact) mass is 209 g/mol. The molecule has 0 aromatic heterocycles. The van der Waals surface area contributed by atoms with E-state index >= 15 is 0 Å². The van der Waals surface area contributed by atoms with Crippen LogP contribution in [0.1, 0.15) is 25.7 Å². The fourth-order valence-electron chi connectivity index (χ4n) is 3.70. The third-order valence-electron chi connectivity index (χ3n) is 4.50. The molecule has 2 saturated heterocycles. The molecule has 0 aromatic carbocycles. The van der Waals surface area contributed by atoms with Crippen molar-refractivity contribution >= 4 is 0 Å². The highest BCUT2D eigenvalue weighted by atomic mass is 15.3. The van der Waals surface area contributed by atoms with Gasteiger partial charge in [0.05, 0.1) is 0 Å². The van der Waals surface area contributed by atoms with Gasteiger partial charge in [-0.05, 0) is 18.8 Å². The second kappa shape index (κ2) is 4.40. The van der Waals surface area contributed by atoms with Gasteiger partial charge in [-0.25, -0.2) is 0 Å². The van der Waals surface area contributed by atoms with Crippen molar-refractivity contribution in [3.63, 3.8) is 0 Å². The van der Waals surface area contributed by atoms with E-state index in [2.05, 4.69) is 15.5 Å². The van der Waals surface area contributed by atoms with Crippen LogP contribution in [0.15, 0.2) is 0 Å². The molecule has 3 aliphatic rings. The number of hydrogen-bond acceptors (Lipinski definition) is 3. The van der Waals surface area contributed by atoms with Crippen molar-refractivity contribution in [2.24, 2.45) is 5.92 Å². The van der Waals surface area contributed by atoms with Gasteiger partial charge in [-0.3, -0.25) is 4.90 Å². The minimum Gasteiger partial charge on any atom is -0.314 e. The molecule has 3 fully saturated rings. The Kier molecular flexibility index (Phi) is 2.95. The van der Waals surface area contributed by atoms with Crippen LogP contribution >= 0.6 is 0 Å². The molecule has 15 heavy (non-hydrogen) atoms. The summed E-state index contributed by atoms with van der Waals surface area (Å²) in [5.74, 6) is 0.985. The predicted octanol–water partition coefficient (Wildman–Crippen LogP) is 0.422. The lowest BCUT2D eigenvalue weighted by atomic mass is 9.92. The fourth-order valence-corrected chi connectivity index (χ4v) is 3.70. The van der Waals surface area contributed by atoms with Crippen molar-refractivity contribution in [1.29, 1.82) is 0 Å². The molecule has 3 nitrogen and oxygen atoms in total. The molecule has 3 heteroatoms. The molecule has 2 heterocycles. The molecule has 0 spiro atoms. The van der Waals surface area contributed by atoms with Gasteiger partial charge in [-0.2, -0.15) is 0 Å². The van der Waals surface area contributed by atoms with Gasteiger partial charge in [-0.1, -0.05) is 12.8 Å². The third kappa shape index (κ3) is 1.93. The molecule has 0 bridgehead atoms. The molecule has 2 N–H and O–H groups in total. The lowest BCUT2D eigenvalue weighted by molar-refractivity contribution is 0.0437. The maximum Gasteiger partial charge on any atom is 0.0349 e. The molecule has 0 radical (unpaired) electrons. The molecule has 86 valence electrons. The Hall–Kier alpha value is -0.120. The quantitative estimate of drug-likeness (QED) is 0.655. The van der Waals surface area contributed by atoms with E-state index in [4.69, 9.17) is 0 Å². The second-order valence-corrected chi connectivity index (χ2v) is 5.37. The first-order chi connectivity index (χ1) is 7.45. The van der Waals surface area contributed by atoms with Crippen LogP contribution in [0.3, 0.4) is 0 Å². The Morgan fingerprint density at radius 1 is 0.933 bits per heavy atom. The number of rotatable bonds is 1. The van der Waals surface area contributed by atoms with Crippen molar-refractivity contribution in [2.75, 3.05) is 32.7 Å². The Balaban J connectivity index is 1.69. The minimum absolute atomic E-state index is 0.762. The maximum atomic E-state index is 3.63. The van der Waals surface area contributed by atoms with E-state index in [9.17, 15) is 0 Å². The number of fused-ring (bicyclic) bond motifs is 1. The van der Waals surface area contributed by atoms with Crippen LogP contribution in [0, 0.1) is 5.92 Å². The summed E-state index contributed by atoms with van der Waals surface area (Å²) >= 11 is 0. The smallest absolute Gasteiger partial charge is 0.0349 e. The Morgan fingerprint density at radius 2 is 1.73 bits per heavy atom. The lowest BCUT2D eigenvalue weighted by Crippen LogP contribution is -2.65. The normalized spacial score (nSPS) is 39.2. The van der Waals surface area contributed by atoms with Crippen LogP contribution in [-0.4, -0.2) is 49.7 Å². The highest BCUT2D eigenvalue weighted by Gasteiger charge is 2.37. The van der Waals surface area contributed by atoms with Crippen molar-refractivity contribution < 1.29 is 0 Å². The van der Waals surface area contributed by atoms with Gasteiger partial charge in [0.25, 0.3) is 0 Å². The standard InChI is InChI=1S/C12H23N3/c1-2-4-10(3-1)12-9-14-8-11-7-13-5-6-15(11)12/h10-14H,1-9H2. The Bertz CT molecular complexity index is 211. The summed E-state index contributed by atoms with van der Waals surface area (Å²) in [6, 6.07) is 1.60. The summed E-state index contributed by atoms with van der Waals surface area (Å²) in [7, 11) is 0. The molecule has 2 aliphatic heterocycles. The van der Waals surface area contributed by atoms with E-state index < -0.39 is 0 Å². The van der Waals surface area contributed by atoms with E-state index in [1.807, 2.05) is 0 Å². The van der Waals surface area contributed by atoms with Crippen molar-refractivity contribution in [1.82, 2.24) is 15.5 Å². The maximum absolute atomic E-state index is 3.63. The topological polar surface area (TPSA) is 27.3 Å². The average molecular weight is 209 g/mol. The zero-order valence-corrected chi connectivity index (χ0v) is 9.54. The molecule has 2 atom stereocenters. The number of piperazine rings is 2. The van der Waals surface area contributed by atoms with Crippen LogP contribution in [0.2, 0.25) is 0 Å². The summed E-state index contributed by atoms with van der Waals surface area (Å²) in [6.45, 7) is 6.08. The summed E-state index contributed by atoms with van der Waals surface area (Å²) in [5, 5.41) is 7.14. The molecule has 1 aliphatic carbocycles. The van der Waals surface area contributed by atoms with E-state index in [1.54, 1.807) is 0 Å². The van der Waals surface area contributed by atoms with Crippen molar-refractivity contribution in [3.05, 3.63) is 0 Å². The first-order valence-corrected chi connectivity index (χ1v) is 6.62. The van der Waals surface area contributed by atoms with Gasteiger partial charge < -0.3 is 10.6 Å². The SMILES string of the molecule is C1CCC(C2CNCC3CNCCN32)C1. The lowest BCUT2D eigenvalue weighted by Gasteiger charge is -2.47. The molecule has 0 amide bonds. The highest BCUT2D eigenvalue weighted by molar-refractivity contribution is 4.95. The summed E-state index contributed by atoms with van der Waals surface area (Å²) in [6.07, 6.45) is 5.89. The van der Waals surface area contributed by atoms with Crippen LogP contribution in [0.25, 0.3) is 0 Å². The highest BCUT2D eigenvalue weighted by Crippen LogP contribution is 2.32. The van der Waals surface area contributed by atoms with Gasteiger partial charge in [0, 0.05) is 44.8 Å². The van der Waals surface area contributed by atoms with Crippen LogP contribution in [0.5, 0.6) is 0 Å². The van der Waals surface area contributed by atoms with Gasteiger partial charge in [0.15, 0.2) is 0 Å². The molecule has 0 aromatic rings. The summed E-state index contributed by atoms with van der Waals surface area (Å²) in [4.78, 5) is 2.79. The summed E-state index contributed by atoms with van der Waals surface area (Å²) in [5.41, 5.74) is 0. The van der Waals surface area contributed by atoms with E-state index in [0.29, 0.717) is 0 Å². The molecule has 2 unspecified atom stereocenters. The predicted molar refractivity (Wildman–Crippen MR) is 62.0 cm³/mol. The first-order valence-electron chi connectivity index (χ1n) is 6.62. The molecule has 3 rings (SSSR count). The van der Waals surface area contributed by atoms with Gasteiger partial charge in [0.1, 0.15) is 0 Å². The number of nitrogens with zero attached hydrogens (tertiary/aromatic N) is 1. The van der Waals surface area contributed by atoms with Gasteiger partial charge >= 0.3 is 0 Å². The fraction of sp³-hybridized carbons (Fsp3) is 1.00. The summed E-state index contributed by atoms with van der Waals surface area (Å²) < 4.78 is 0. The van der Waals surface area contributed by atoms with E-state index in [1.165, 1.54) is 58.4 Å². The van der Waals surface area contributed by atoms with Crippen molar-refractivity contribution in [2.45, 2.75) is 37.8 Å². The zero-order valence-electron chi connectivity index (χ0n) is 9.54. The Morgan fingerprint density at radius 3 is 2.60 bits per heavy atom. The molecule has 1 saturated carbocycles. The molecular formula is C12H23N3. The first kappa shape index (κ1) is 10.1.